The highest BCUT2D eigenvalue weighted by molar-refractivity contribution is 5.64. The van der Waals surface area contributed by atoms with Gasteiger partial charge in [-0.15, -0.1) is 0 Å². The Morgan fingerprint density at radius 3 is 2.58 bits per heavy atom. The predicted octanol–water partition coefficient (Wildman–Crippen LogP) is 2.85. The van der Waals surface area contributed by atoms with E-state index in [9.17, 15) is 14.9 Å². The van der Waals surface area contributed by atoms with Crippen molar-refractivity contribution in [3.63, 3.8) is 0 Å². The molecule has 0 saturated carbocycles. The summed E-state index contributed by atoms with van der Waals surface area (Å²) in [7, 11) is 0. The first-order valence-electron chi connectivity index (χ1n) is 9.97. The summed E-state index contributed by atoms with van der Waals surface area (Å²) in [4.78, 5) is 32.5. The van der Waals surface area contributed by atoms with E-state index < -0.39 is 11.1 Å². The van der Waals surface area contributed by atoms with Crippen LogP contribution in [0.5, 0.6) is 11.6 Å². The summed E-state index contributed by atoms with van der Waals surface area (Å²) >= 11 is 0. The number of anilines is 1. The number of hydrogen-bond acceptors (Lipinski definition) is 10. The Balaban J connectivity index is 1.73. The van der Waals surface area contributed by atoms with Gasteiger partial charge in [-0.1, -0.05) is 12.1 Å². The number of aromatic nitrogens is 2. The van der Waals surface area contributed by atoms with E-state index in [0.717, 1.165) is 5.56 Å². The SMILES string of the molecule is CCOC(=O)OC1CCN(c2ncnc(Oc3ccc(CCO)cc3)c2[N+](=O)[O-])CC1. The molecule has 1 aromatic carbocycles. The largest absolute Gasteiger partial charge is 0.508 e. The fraction of sp³-hybridized carbons (Fsp3) is 0.450. The second-order valence-corrected chi connectivity index (χ2v) is 6.82. The number of carbonyl (C=O) groups excluding carboxylic acids is 1. The fourth-order valence-electron chi connectivity index (χ4n) is 3.26. The molecule has 31 heavy (non-hydrogen) atoms. The molecule has 0 spiro atoms. The minimum Gasteiger partial charge on any atom is -0.435 e. The van der Waals surface area contributed by atoms with Gasteiger partial charge in [0.05, 0.1) is 11.5 Å². The van der Waals surface area contributed by atoms with Crippen LogP contribution in [0.15, 0.2) is 30.6 Å². The van der Waals surface area contributed by atoms with E-state index in [-0.39, 0.29) is 36.7 Å². The van der Waals surface area contributed by atoms with Crippen molar-refractivity contribution in [1.29, 1.82) is 0 Å². The van der Waals surface area contributed by atoms with E-state index in [4.69, 9.17) is 19.3 Å². The van der Waals surface area contributed by atoms with E-state index in [1.165, 1.54) is 6.33 Å². The number of carbonyl (C=O) groups is 1. The Morgan fingerprint density at radius 1 is 1.26 bits per heavy atom. The molecule has 11 heteroatoms. The Kier molecular flexibility index (Phi) is 7.55. The van der Waals surface area contributed by atoms with Gasteiger partial charge in [-0.3, -0.25) is 10.1 Å². The van der Waals surface area contributed by atoms with Gasteiger partial charge in [-0.2, -0.15) is 4.98 Å². The van der Waals surface area contributed by atoms with Gasteiger partial charge in [0.1, 0.15) is 18.2 Å². The summed E-state index contributed by atoms with van der Waals surface area (Å²) in [5, 5.41) is 20.8. The van der Waals surface area contributed by atoms with Crippen LogP contribution in [0.25, 0.3) is 0 Å². The average molecular weight is 432 g/mol. The number of piperidine rings is 1. The highest BCUT2D eigenvalue weighted by atomic mass is 16.7. The number of aliphatic hydroxyl groups excluding tert-OH is 1. The minimum absolute atomic E-state index is 0.0302. The maximum Gasteiger partial charge on any atom is 0.508 e. The van der Waals surface area contributed by atoms with Crippen molar-refractivity contribution >= 4 is 17.7 Å². The van der Waals surface area contributed by atoms with Gasteiger partial charge in [-0.25, -0.2) is 9.78 Å². The lowest BCUT2D eigenvalue weighted by atomic mass is 10.1. The van der Waals surface area contributed by atoms with Crippen LogP contribution in [0.1, 0.15) is 25.3 Å². The molecular formula is C20H24N4O7. The van der Waals surface area contributed by atoms with Crippen molar-refractivity contribution < 1.29 is 29.0 Å². The van der Waals surface area contributed by atoms with Crippen LogP contribution >= 0.6 is 0 Å². The van der Waals surface area contributed by atoms with Crippen molar-refractivity contribution in [2.45, 2.75) is 32.3 Å². The molecule has 0 atom stereocenters. The van der Waals surface area contributed by atoms with Gasteiger partial charge in [0.2, 0.25) is 5.82 Å². The van der Waals surface area contributed by atoms with Crippen LogP contribution in [0.3, 0.4) is 0 Å². The Labute approximate surface area is 178 Å². The van der Waals surface area contributed by atoms with Crippen molar-refractivity contribution in [2.24, 2.45) is 0 Å². The quantitative estimate of drug-likeness (QED) is 0.376. The first-order chi connectivity index (χ1) is 15.0. The van der Waals surface area contributed by atoms with E-state index in [1.54, 1.807) is 36.1 Å². The molecule has 0 unspecified atom stereocenters. The van der Waals surface area contributed by atoms with E-state index in [1.807, 2.05) is 0 Å². The molecule has 0 radical (unpaired) electrons. The summed E-state index contributed by atoms with van der Waals surface area (Å²) in [5.41, 5.74) is 0.590. The highest BCUT2D eigenvalue weighted by Crippen LogP contribution is 2.37. The molecule has 1 aliphatic heterocycles. The third-order valence-electron chi connectivity index (χ3n) is 4.76. The van der Waals surface area contributed by atoms with Gasteiger partial charge in [0.25, 0.3) is 0 Å². The smallest absolute Gasteiger partial charge is 0.435 e. The number of benzene rings is 1. The number of aliphatic hydroxyl groups is 1. The second kappa shape index (κ2) is 10.5. The molecule has 1 saturated heterocycles. The maximum atomic E-state index is 11.8. The van der Waals surface area contributed by atoms with E-state index >= 15 is 0 Å². The summed E-state index contributed by atoms with van der Waals surface area (Å²) in [6, 6.07) is 6.87. The normalized spacial score (nSPS) is 14.2. The van der Waals surface area contributed by atoms with Crippen LogP contribution in [0, 0.1) is 10.1 Å². The van der Waals surface area contributed by atoms with Crippen LogP contribution in [-0.2, 0) is 15.9 Å². The number of nitro groups is 1. The Bertz CT molecular complexity index is 899. The fourth-order valence-corrected chi connectivity index (χ4v) is 3.26. The molecule has 1 aliphatic rings. The summed E-state index contributed by atoms with van der Waals surface area (Å²) in [5.74, 6) is 0.382. The zero-order chi connectivity index (χ0) is 22.2. The lowest BCUT2D eigenvalue weighted by Gasteiger charge is -2.31. The molecule has 1 fully saturated rings. The standard InChI is InChI=1S/C20H24N4O7/c1-2-29-20(26)31-16-7-10-23(11-8-16)18-17(24(27)28)19(22-13-21-18)30-15-5-3-14(4-6-15)9-12-25/h3-6,13,16,25H,2,7-12H2,1H3. The number of nitrogens with zero attached hydrogens (tertiary/aromatic N) is 4. The number of hydrogen-bond donors (Lipinski definition) is 1. The summed E-state index contributed by atoms with van der Waals surface area (Å²) < 4.78 is 15.7. The monoisotopic (exact) mass is 432 g/mol. The van der Waals surface area contributed by atoms with Gasteiger partial charge in [0, 0.05) is 32.5 Å². The molecule has 166 valence electrons. The summed E-state index contributed by atoms with van der Waals surface area (Å²) in [6.07, 6.45) is 1.68. The topological polar surface area (TPSA) is 137 Å². The third kappa shape index (κ3) is 5.79. The molecule has 11 nitrogen and oxygen atoms in total. The average Bonchev–Trinajstić information content (AvgIpc) is 2.76. The Hall–Kier alpha value is -3.47. The van der Waals surface area contributed by atoms with Crippen molar-refractivity contribution in [3.8, 4) is 11.6 Å². The molecule has 0 aliphatic carbocycles. The second-order valence-electron chi connectivity index (χ2n) is 6.82. The van der Waals surface area contributed by atoms with Crippen LogP contribution in [0.4, 0.5) is 16.3 Å². The lowest BCUT2D eigenvalue weighted by molar-refractivity contribution is -0.385. The van der Waals surface area contributed by atoms with Crippen LogP contribution < -0.4 is 9.64 Å². The molecule has 1 aromatic heterocycles. The molecule has 0 amide bonds. The van der Waals surface area contributed by atoms with Crippen LogP contribution in [-0.4, -0.2) is 58.6 Å². The predicted molar refractivity (Wildman–Crippen MR) is 109 cm³/mol. The third-order valence-corrected chi connectivity index (χ3v) is 4.76. The van der Waals surface area contributed by atoms with E-state index in [0.29, 0.717) is 38.1 Å². The molecule has 1 N–H and O–H groups in total. The maximum absolute atomic E-state index is 11.8. The first-order valence-corrected chi connectivity index (χ1v) is 9.97. The first kappa shape index (κ1) is 22.2. The number of ether oxygens (including phenoxy) is 3. The zero-order valence-corrected chi connectivity index (χ0v) is 17.1. The summed E-state index contributed by atoms with van der Waals surface area (Å²) in [6.45, 7) is 2.79. The van der Waals surface area contributed by atoms with Crippen LogP contribution in [0.2, 0.25) is 0 Å². The van der Waals surface area contributed by atoms with Crippen molar-refractivity contribution in [2.75, 3.05) is 31.2 Å². The Morgan fingerprint density at radius 2 is 1.97 bits per heavy atom. The van der Waals surface area contributed by atoms with Gasteiger partial charge < -0.3 is 24.2 Å². The highest BCUT2D eigenvalue weighted by Gasteiger charge is 2.32. The lowest BCUT2D eigenvalue weighted by Crippen LogP contribution is -2.38. The van der Waals surface area contributed by atoms with Gasteiger partial charge >= 0.3 is 17.7 Å². The molecule has 2 aromatic rings. The minimum atomic E-state index is -0.713. The van der Waals surface area contributed by atoms with Crippen molar-refractivity contribution in [3.05, 3.63) is 46.3 Å². The van der Waals surface area contributed by atoms with Gasteiger partial charge in [-0.05, 0) is 31.0 Å². The molecule has 3 rings (SSSR count). The number of rotatable bonds is 8. The molecule has 2 heterocycles. The zero-order valence-electron chi connectivity index (χ0n) is 17.1. The van der Waals surface area contributed by atoms with E-state index in [2.05, 4.69) is 9.97 Å². The van der Waals surface area contributed by atoms with Gasteiger partial charge in [0.15, 0.2) is 0 Å². The van der Waals surface area contributed by atoms with Crippen molar-refractivity contribution in [1.82, 2.24) is 9.97 Å². The molecule has 0 bridgehead atoms. The molecular weight excluding hydrogens is 408 g/mol.